The molecule has 0 heterocycles. The molecule has 0 saturated carbocycles. The van der Waals surface area contributed by atoms with Crippen molar-refractivity contribution in [2.24, 2.45) is 0 Å². The van der Waals surface area contributed by atoms with Crippen molar-refractivity contribution in [3.63, 3.8) is 0 Å². The molecule has 0 fully saturated rings. The van der Waals surface area contributed by atoms with Gasteiger partial charge in [-0.1, -0.05) is 0 Å². The summed E-state index contributed by atoms with van der Waals surface area (Å²) in [6, 6.07) is 6.98. The van der Waals surface area contributed by atoms with Gasteiger partial charge in [0.05, 0.1) is 23.6 Å². The maximum absolute atomic E-state index is 11.5. The molecule has 84 valence electrons. The lowest BCUT2D eigenvalue weighted by molar-refractivity contribution is 0.177. The van der Waals surface area contributed by atoms with Crippen LogP contribution >= 0.6 is 0 Å². The molecule has 0 spiro atoms. The van der Waals surface area contributed by atoms with Gasteiger partial charge in [-0.05, 0) is 24.3 Å². The van der Waals surface area contributed by atoms with Crippen LogP contribution in [0.1, 0.15) is 5.56 Å². The van der Waals surface area contributed by atoms with Crippen molar-refractivity contribution in [3.8, 4) is 6.07 Å². The molecule has 1 N–H and O–H groups in total. The number of nitrogens with one attached hydrogen (secondary N) is 1. The molecule has 7 heteroatoms. The van der Waals surface area contributed by atoms with E-state index in [0.717, 1.165) is 7.11 Å². The third kappa shape index (κ3) is 2.71. The molecular weight excluding hydrogens is 232 g/mol. The van der Waals surface area contributed by atoms with Crippen molar-refractivity contribution in [2.45, 2.75) is 4.90 Å². The average Bonchev–Trinajstić information content (AvgIpc) is 2.28. The topological polar surface area (TPSA) is 96.3 Å². The Kier molecular flexibility index (Phi) is 3.48. The van der Waals surface area contributed by atoms with Gasteiger partial charge in [0.1, 0.15) is 0 Å². The molecule has 0 aromatic heterocycles. The molecule has 0 radical (unpaired) electrons. The fourth-order valence-corrected chi connectivity index (χ4v) is 1.83. The molecule has 1 amide bonds. The Labute approximate surface area is 92.5 Å². The van der Waals surface area contributed by atoms with Gasteiger partial charge in [0.15, 0.2) is 0 Å². The molecule has 16 heavy (non-hydrogen) atoms. The van der Waals surface area contributed by atoms with Crippen molar-refractivity contribution >= 4 is 16.1 Å². The Balaban J connectivity index is 3.00. The normalized spacial score (nSPS) is 10.2. The SMILES string of the molecule is COC(=O)NS(=O)(=O)c1ccc(C#N)cc1. The van der Waals surface area contributed by atoms with Crippen molar-refractivity contribution in [1.29, 1.82) is 5.26 Å². The van der Waals surface area contributed by atoms with Gasteiger partial charge < -0.3 is 4.74 Å². The van der Waals surface area contributed by atoms with Crippen LogP contribution in [0.5, 0.6) is 0 Å². The van der Waals surface area contributed by atoms with Crippen LogP contribution in [0.25, 0.3) is 0 Å². The predicted molar refractivity (Wildman–Crippen MR) is 53.9 cm³/mol. The Morgan fingerprint density at radius 1 is 1.38 bits per heavy atom. The monoisotopic (exact) mass is 240 g/mol. The Morgan fingerprint density at radius 2 is 1.94 bits per heavy atom. The number of hydrogen-bond donors (Lipinski definition) is 1. The summed E-state index contributed by atoms with van der Waals surface area (Å²) in [4.78, 5) is 10.6. The van der Waals surface area contributed by atoms with Crippen LogP contribution in [-0.2, 0) is 14.8 Å². The zero-order chi connectivity index (χ0) is 12.2. The number of nitriles is 1. The smallest absolute Gasteiger partial charge is 0.420 e. The number of nitrogens with zero attached hydrogens (tertiary/aromatic N) is 1. The first-order chi connectivity index (χ1) is 7.49. The molecule has 0 bridgehead atoms. The third-order valence-electron chi connectivity index (χ3n) is 1.70. The zero-order valence-electron chi connectivity index (χ0n) is 8.30. The summed E-state index contributed by atoms with van der Waals surface area (Å²) in [7, 11) is -2.87. The highest BCUT2D eigenvalue weighted by Crippen LogP contribution is 2.09. The molecule has 6 nitrogen and oxygen atoms in total. The van der Waals surface area contributed by atoms with Crippen LogP contribution < -0.4 is 4.72 Å². The number of rotatable bonds is 2. The second-order valence-corrected chi connectivity index (χ2v) is 4.42. The highest BCUT2D eigenvalue weighted by atomic mass is 32.2. The van der Waals surface area contributed by atoms with E-state index in [0.29, 0.717) is 5.56 Å². The average molecular weight is 240 g/mol. The number of ether oxygens (including phenoxy) is 1. The minimum Gasteiger partial charge on any atom is -0.452 e. The molecular formula is C9H8N2O4S. The van der Waals surface area contributed by atoms with E-state index < -0.39 is 16.1 Å². The zero-order valence-corrected chi connectivity index (χ0v) is 9.11. The predicted octanol–water partition coefficient (Wildman–Crippen LogP) is 0.603. The summed E-state index contributed by atoms with van der Waals surface area (Å²) in [5.74, 6) is 0. The first-order valence-electron chi connectivity index (χ1n) is 4.10. The second-order valence-electron chi connectivity index (χ2n) is 2.73. The van der Waals surface area contributed by atoms with Crippen molar-refractivity contribution in [1.82, 2.24) is 4.72 Å². The largest absolute Gasteiger partial charge is 0.452 e. The molecule has 1 aromatic rings. The van der Waals surface area contributed by atoms with Gasteiger partial charge in [0.2, 0.25) is 0 Å². The van der Waals surface area contributed by atoms with Gasteiger partial charge in [0, 0.05) is 0 Å². The molecule has 1 rings (SSSR count). The molecule has 0 aliphatic heterocycles. The van der Waals surface area contributed by atoms with Crippen LogP contribution in [0.3, 0.4) is 0 Å². The first kappa shape index (κ1) is 12.0. The summed E-state index contributed by atoms with van der Waals surface area (Å²) in [5, 5.41) is 8.53. The molecule has 0 aliphatic rings. The van der Waals surface area contributed by atoms with E-state index in [9.17, 15) is 13.2 Å². The van der Waals surface area contributed by atoms with E-state index in [2.05, 4.69) is 4.74 Å². The lowest BCUT2D eigenvalue weighted by Gasteiger charge is -2.04. The summed E-state index contributed by atoms with van der Waals surface area (Å²) in [5.41, 5.74) is 0.331. The highest BCUT2D eigenvalue weighted by Gasteiger charge is 2.17. The van der Waals surface area contributed by atoms with E-state index in [-0.39, 0.29) is 4.90 Å². The maximum Gasteiger partial charge on any atom is 0.420 e. The van der Waals surface area contributed by atoms with Crippen LogP contribution in [-0.4, -0.2) is 21.6 Å². The number of hydrogen-bond acceptors (Lipinski definition) is 5. The van der Waals surface area contributed by atoms with E-state index in [1.165, 1.54) is 24.3 Å². The minimum absolute atomic E-state index is 0.114. The maximum atomic E-state index is 11.5. The summed E-state index contributed by atoms with van der Waals surface area (Å²) in [6.45, 7) is 0. The van der Waals surface area contributed by atoms with E-state index in [1.807, 2.05) is 6.07 Å². The molecule has 0 atom stereocenters. The van der Waals surface area contributed by atoms with E-state index >= 15 is 0 Å². The summed E-state index contributed by atoms with van der Waals surface area (Å²) in [6.07, 6.45) is -1.07. The summed E-state index contributed by atoms with van der Waals surface area (Å²) >= 11 is 0. The highest BCUT2D eigenvalue weighted by molar-refractivity contribution is 7.90. The molecule has 0 saturated heterocycles. The third-order valence-corrected chi connectivity index (χ3v) is 3.02. The number of carbonyl (C=O) groups is 1. The van der Waals surface area contributed by atoms with Crippen molar-refractivity contribution in [3.05, 3.63) is 29.8 Å². The lowest BCUT2D eigenvalue weighted by Crippen LogP contribution is -2.30. The Hall–Kier alpha value is -2.07. The van der Waals surface area contributed by atoms with Crippen molar-refractivity contribution < 1.29 is 17.9 Å². The quantitative estimate of drug-likeness (QED) is 0.816. The molecule has 0 aliphatic carbocycles. The fraction of sp³-hybridized carbons (Fsp3) is 0.111. The lowest BCUT2D eigenvalue weighted by atomic mass is 10.2. The van der Waals surface area contributed by atoms with Gasteiger partial charge in [-0.3, -0.25) is 0 Å². The Bertz CT molecular complexity index is 528. The van der Waals surface area contributed by atoms with E-state index in [4.69, 9.17) is 5.26 Å². The first-order valence-corrected chi connectivity index (χ1v) is 5.59. The Morgan fingerprint density at radius 3 is 2.38 bits per heavy atom. The van der Waals surface area contributed by atoms with Crippen LogP contribution in [0.2, 0.25) is 0 Å². The van der Waals surface area contributed by atoms with Gasteiger partial charge in [-0.15, -0.1) is 0 Å². The fourth-order valence-electron chi connectivity index (χ4n) is 0.919. The molecule has 1 aromatic carbocycles. The van der Waals surface area contributed by atoms with Gasteiger partial charge in [-0.2, -0.15) is 5.26 Å². The number of benzene rings is 1. The van der Waals surface area contributed by atoms with Gasteiger partial charge >= 0.3 is 6.09 Å². The number of methoxy groups -OCH3 is 1. The second kappa shape index (κ2) is 4.63. The van der Waals surface area contributed by atoms with Crippen LogP contribution in [0.15, 0.2) is 29.2 Å². The van der Waals surface area contributed by atoms with E-state index in [1.54, 1.807) is 4.72 Å². The van der Waals surface area contributed by atoms with Crippen LogP contribution in [0, 0.1) is 11.3 Å². The number of carbonyl (C=O) groups excluding carboxylic acids is 1. The molecule has 0 unspecified atom stereocenters. The van der Waals surface area contributed by atoms with Crippen molar-refractivity contribution in [2.75, 3.05) is 7.11 Å². The number of sulfonamides is 1. The summed E-state index contributed by atoms with van der Waals surface area (Å²) < 4.78 is 28.9. The van der Waals surface area contributed by atoms with Gasteiger partial charge in [-0.25, -0.2) is 17.9 Å². The van der Waals surface area contributed by atoms with Crippen LogP contribution in [0.4, 0.5) is 4.79 Å². The standard InChI is InChI=1S/C9H8N2O4S/c1-15-9(12)11-16(13,14)8-4-2-7(6-10)3-5-8/h2-5H,1H3,(H,11,12). The van der Waals surface area contributed by atoms with Gasteiger partial charge in [0.25, 0.3) is 10.0 Å². The minimum atomic E-state index is -3.93. The number of amides is 1.